The molecule has 0 saturated carbocycles. The van der Waals surface area contributed by atoms with Gasteiger partial charge in [0.25, 0.3) is 0 Å². The lowest BCUT2D eigenvalue weighted by atomic mass is 10.3. The van der Waals surface area contributed by atoms with E-state index in [0.29, 0.717) is 24.8 Å². The van der Waals surface area contributed by atoms with Gasteiger partial charge in [-0.2, -0.15) is 0 Å². The molecule has 6 heteroatoms. The lowest BCUT2D eigenvalue weighted by Gasteiger charge is -2.04. The van der Waals surface area contributed by atoms with Crippen LogP contribution in [0.25, 0.3) is 11.0 Å². The molecule has 0 radical (unpaired) electrons. The van der Waals surface area contributed by atoms with Gasteiger partial charge in [0.15, 0.2) is 0 Å². The Labute approximate surface area is 97.9 Å². The SMILES string of the molecule is CCOCCOn1nnc2ccc(Cl)cc21. The Hall–Kier alpha value is -1.33. The van der Waals surface area contributed by atoms with Crippen molar-refractivity contribution in [1.29, 1.82) is 0 Å². The smallest absolute Gasteiger partial charge is 0.140 e. The first kappa shape index (κ1) is 11.2. The molecular formula is C10H12ClN3O2. The van der Waals surface area contributed by atoms with Crippen LogP contribution in [0.4, 0.5) is 0 Å². The zero-order valence-corrected chi connectivity index (χ0v) is 9.65. The highest BCUT2D eigenvalue weighted by Gasteiger charge is 2.05. The molecule has 0 atom stereocenters. The average Bonchev–Trinajstić information content (AvgIpc) is 2.67. The predicted molar refractivity (Wildman–Crippen MR) is 60.5 cm³/mol. The van der Waals surface area contributed by atoms with Crippen LogP contribution in [0.1, 0.15) is 6.92 Å². The lowest BCUT2D eigenvalue weighted by Crippen LogP contribution is -2.18. The van der Waals surface area contributed by atoms with E-state index in [2.05, 4.69) is 10.3 Å². The molecule has 0 aliphatic carbocycles. The summed E-state index contributed by atoms with van der Waals surface area (Å²) < 4.78 is 5.15. The first-order valence-corrected chi connectivity index (χ1v) is 5.41. The van der Waals surface area contributed by atoms with Gasteiger partial charge in [-0.05, 0) is 30.3 Å². The summed E-state index contributed by atoms with van der Waals surface area (Å²) in [7, 11) is 0. The Bertz CT molecular complexity index is 472. The Morgan fingerprint density at radius 3 is 3.06 bits per heavy atom. The number of hydrogen-bond acceptors (Lipinski definition) is 4. The van der Waals surface area contributed by atoms with Gasteiger partial charge in [-0.15, -0.1) is 5.10 Å². The van der Waals surface area contributed by atoms with Gasteiger partial charge in [0.1, 0.15) is 17.6 Å². The van der Waals surface area contributed by atoms with Gasteiger partial charge in [-0.1, -0.05) is 16.4 Å². The van der Waals surface area contributed by atoms with Crippen LogP contribution < -0.4 is 4.84 Å². The van der Waals surface area contributed by atoms with E-state index >= 15 is 0 Å². The van der Waals surface area contributed by atoms with Crippen LogP contribution in [0, 0.1) is 0 Å². The summed E-state index contributed by atoms with van der Waals surface area (Å²) in [5.41, 5.74) is 1.50. The first-order valence-electron chi connectivity index (χ1n) is 5.03. The summed E-state index contributed by atoms with van der Waals surface area (Å²) >= 11 is 5.88. The zero-order valence-electron chi connectivity index (χ0n) is 8.89. The molecule has 2 rings (SSSR count). The summed E-state index contributed by atoms with van der Waals surface area (Å²) in [4.78, 5) is 6.74. The molecule has 0 unspecified atom stereocenters. The fourth-order valence-electron chi connectivity index (χ4n) is 1.29. The maximum atomic E-state index is 5.88. The van der Waals surface area contributed by atoms with Crippen molar-refractivity contribution in [1.82, 2.24) is 15.2 Å². The van der Waals surface area contributed by atoms with Crippen molar-refractivity contribution >= 4 is 22.6 Å². The Morgan fingerprint density at radius 1 is 1.38 bits per heavy atom. The van der Waals surface area contributed by atoms with Crippen molar-refractivity contribution in [2.24, 2.45) is 0 Å². The Morgan fingerprint density at radius 2 is 2.25 bits per heavy atom. The summed E-state index contributed by atoms with van der Waals surface area (Å²) in [6.07, 6.45) is 0. The third-order valence-electron chi connectivity index (χ3n) is 2.02. The minimum absolute atomic E-state index is 0.429. The molecule has 0 bridgehead atoms. The molecule has 2 aromatic rings. The minimum Gasteiger partial charge on any atom is -0.393 e. The maximum Gasteiger partial charge on any atom is 0.140 e. The summed E-state index contributed by atoms with van der Waals surface area (Å²) in [6.45, 7) is 3.56. The predicted octanol–water partition coefficient (Wildman–Crippen LogP) is 1.55. The van der Waals surface area contributed by atoms with Gasteiger partial charge in [-0.25, -0.2) is 0 Å². The second kappa shape index (κ2) is 5.14. The van der Waals surface area contributed by atoms with E-state index in [1.54, 1.807) is 18.2 Å². The zero-order chi connectivity index (χ0) is 11.4. The molecule has 5 nitrogen and oxygen atoms in total. The van der Waals surface area contributed by atoms with Crippen LogP contribution in [0.3, 0.4) is 0 Å². The third kappa shape index (κ3) is 2.43. The van der Waals surface area contributed by atoms with Crippen LogP contribution in [0.15, 0.2) is 18.2 Å². The summed E-state index contributed by atoms with van der Waals surface area (Å²) in [6, 6.07) is 5.33. The van der Waals surface area contributed by atoms with Crippen LogP contribution in [-0.2, 0) is 4.74 Å². The number of fused-ring (bicyclic) bond motifs is 1. The highest BCUT2D eigenvalue weighted by molar-refractivity contribution is 6.31. The van der Waals surface area contributed by atoms with Crippen molar-refractivity contribution in [2.75, 3.05) is 19.8 Å². The third-order valence-corrected chi connectivity index (χ3v) is 2.26. The minimum atomic E-state index is 0.429. The molecule has 0 amide bonds. The van der Waals surface area contributed by atoms with Crippen LogP contribution in [0.5, 0.6) is 0 Å². The number of aromatic nitrogens is 3. The maximum absolute atomic E-state index is 5.88. The van der Waals surface area contributed by atoms with Crippen molar-refractivity contribution < 1.29 is 9.57 Å². The number of halogens is 1. The van der Waals surface area contributed by atoms with E-state index in [1.807, 2.05) is 6.92 Å². The second-order valence-corrected chi connectivity index (χ2v) is 3.56. The van der Waals surface area contributed by atoms with E-state index in [4.69, 9.17) is 21.2 Å². The molecule has 0 aliphatic heterocycles. The molecule has 1 aromatic heterocycles. The molecule has 0 N–H and O–H groups in total. The van der Waals surface area contributed by atoms with Gasteiger partial charge in [-0.3, -0.25) is 0 Å². The summed E-state index contributed by atoms with van der Waals surface area (Å²) in [5, 5.41) is 8.44. The molecule has 0 spiro atoms. The number of ether oxygens (including phenoxy) is 1. The average molecular weight is 242 g/mol. The number of rotatable bonds is 5. The van der Waals surface area contributed by atoms with Crippen molar-refractivity contribution in [3.05, 3.63) is 23.2 Å². The topological polar surface area (TPSA) is 49.2 Å². The molecule has 16 heavy (non-hydrogen) atoms. The Kier molecular flexibility index (Phi) is 3.58. The monoisotopic (exact) mass is 241 g/mol. The van der Waals surface area contributed by atoms with Crippen LogP contribution in [0.2, 0.25) is 5.02 Å². The fraction of sp³-hybridized carbons (Fsp3) is 0.400. The Balaban J connectivity index is 2.09. The normalized spacial score (nSPS) is 10.9. The molecule has 0 aliphatic rings. The van der Waals surface area contributed by atoms with E-state index in [9.17, 15) is 0 Å². The fourth-order valence-corrected chi connectivity index (χ4v) is 1.46. The highest BCUT2D eigenvalue weighted by Crippen LogP contribution is 2.16. The number of hydrogen-bond donors (Lipinski definition) is 0. The van der Waals surface area contributed by atoms with E-state index in [0.717, 1.165) is 11.0 Å². The van der Waals surface area contributed by atoms with Crippen molar-refractivity contribution in [3.8, 4) is 0 Å². The number of nitrogens with zero attached hydrogens (tertiary/aromatic N) is 3. The van der Waals surface area contributed by atoms with Gasteiger partial charge in [0.2, 0.25) is 0 Å². The molecule has 1 heterocycles. The van der Waals surface area contributed by atoms with E-state index in [1.165, 1.54) is 4.85 Å². The van der Waals surface area contributed by atoms with E-state index in [-0.39, 0.29) is 0 Å². The van der Waals surface area contributed by atoms with E-state index < -0.39 is 0 Å². The lowest BCUT2D eigenvalue weighted by molar-refractivity contribution is 0.0308. The van der Waals surface area contributed by atoms with Gasteiger partial charge >= 0.3 is 0 Å². The van der Waals surface area contributed by atoms with Crippen LogP contribution >= 0.6 is 11.6 Å². The largest absolute Gasteiger partial charge is 0.393 e. The molecule has 0 saturated heterocycles. The van der Waals surface area contributed by atoms with Crippen LogP contribution in [-0.4, -0.2) is 35.0 Å². The van der Waals surface area contributed by atoms with Gasteiger partial charge in [0.05, 0.1) is 6.61 Å². The summed E-state index contributed by atoms with van der Waals surface area (Å²) in [5.74, 6) is 0. The molecule has 1 aromatic carbocycles. The van der Waals surface area contributed by atoms with Crippen molar-refractivity contribution in [3.63, 3.8) is 0 Å². The highest BCUT2D eigenvalue weighted by atomic mass is 35.5. The second-order valence-electron chi connectivity index (χ2n) is 3.13. The molecule has 0 fully saturated rings. The standard InChI is InChI=1S/C10H12ClN3O2/c1-2-15-5-6-16-14-10-7-8(11)3-4-9(10)12-13-14/h3-4,7H,2,5-6H2,1H3. The molecule has 86 valence electrons. The molecular weight excluding hydrogens is 230 g/mol. The quantitative estimate of drug-likeness (QED) is 0.746. The first-order chi connectivity index (χ1) is 7.81. The van der Waals surface area contributed by atoms with Gasteiger partial charge in [0, 0.05) is 11.6 Å². The van der Waals surface area contributed by atoms with Crippen molar-refractivity contribution in [2.45, 2.75) is 6.92 Å². The van der Waals surface area contributed by atoms with Gasteiger partial charge < -0.3 is 9.57 Å². The number of benzene rings is 1.